The molecule has 6 nitrogen and oxygen atoms in total. The predicted octanol–water partition coefficient (Wildman–Crippen LogP) is 2.08. The molecule has 2 aliphatic heterocycles. The van der Waals surface area contributed by atoms with Gasteiger partial charge in [-0.3, -0.25) is 14.6 Å². The monoisotopic (exact) mass is 447 g/mol. The van der Waals surface area contributed by atoms with Crippen LogP contribution in [-0.2, 0) is 27.7 Å². The van der Waals surface area contributed by atoms with Gasteiger partial charge >= 0.3 is 0 Å². The van der Waals surface area contributed by atoms with Gasteiger partial charge in [0.25, 0.3) is 0 Å². The van der Waals surface area contributed by atoms with Crippen LogP contribution in [0.1, 0.15) is 17.5 Å². The van der Waals surface area contributed by atoms with E-state index in [1.807, 2.05) is 30.3 Å². The van der Waals surface area contributed by atoms with E-state index >= 15 is 0 Å². The van der Waals surface area contributed by atoms with Gasteiger partial charge in [0.1, 0.15) is 0 Å². The van der Waals surface area contributed by atoms with Crippen LogP contribution in [0, 0.1) is 0 Å². The Morgan fingerprint density at radius 2 is 1.77 bits per heavy atom. The van der Waals surface area contributed by atoms with Gasteiger partial charge in [-0.25, -0.2) is 8.42 Å². The third kappa shape index (κ3) is 5.69. The summed E-state index contributed by atoms with van der Waals surface area (Å²) >= 11 is 1.72. The number of hydrogen-bond acceptors (Lipinski definition) is 6. The molecule has 1 amide bonds. The first-order valence-electron chi connectivity index (χ1n) is 10.5. The van der Waals surface area contributed by atoms with Crippen molar-refractivity contribution in [1.29, 1.82) is 0 Å². The van der Waals surface area contributed by atoms with Crippen molar-refractivity contribution in [1.82, 2.24) is 14.7 Å². The lowest BCUT2D eigenvalue weighted by molar-refractivity contribution is -0.135. The van der Waals surface area contributed by atoms with E-state index in [1.165, 1.54) is 5.56 Å². The van der Waals surface area contributed by atoms with Gasteiger partial charge in [0.15, 0.2) is 9.84 Å². The van der Waals surface area contributed by atoms with Gasteiger partial charge < -0.3 is 4.90 Å². The fourth-order valence-electron chi connectivity index (χ4n) is 4.25. The number of carbonyl (C=O) groups excluding carboxylic acids is 1. The molecule has 2 aliphatic rings. The second-order valence-corrected chi connectivity index (χ2v) is 11.3. The summed E-state index contributed by atoms with van der Waals surface area (Å²) in [5.74, 6) is 0.296. The lowest BCUT2D eigenvalue weighted by atomic mass is 10.1. The van der Waals surface area contributed by atoms with Crippen LogP contribution in [0.5, 0.6) is 0 Å². The molecule has 0 aliphatic carbocycles. The summed E-state index contributed by atoms with van der Waals surface area (Å²) in [4.78, 5) is 19.7. The number of benzene rings is 1. The van der Waals surface area contributed by atoms with E-state index in [0.717, 1.165) is 38.3 Å². The highest BCUT2D eigenvalue weighted by Crippen LogP contribution is 2.21. The van der Waals surface area contributed by atoms with Gasteiger partial charge in [0, 0.05) is 45.3 Å². The molecule has 0 radical (unpaired) electrons. The van der Waals surface area contributed by atoms with Crippen LogP contribution in [0.25, 0.3) is 0 Å². The van der Waals surface area contributed by atoms with Crippen LogP contribution in [0.15, 0.2) is 47.2 Å². The number of sulfone groups is 1. The Bertz CT molecular complexity index is 924. The van der Waals surface area contributed by atoms with Crippen molar-refractivity contribution in [2.45, 2.75) is 25.6 Å². The Morgan fingerprint density at radius 3 is 2.40 bits per heavy atom. The molecule has 2 aromatic rings. The molecule has 0 unspecified atom stereocenters. The average Bonchev–Trinajstić information content (AvgIpc) is 3.37. The lowest BCUT2D eigenvalue weighted by Crippen LogP contribution is -2.51. The van der Waals surface area contributed by atoms with Crippen LogP contribution in [0.3, 0.4) is 0 Å². The van der Waals surface area contributed by atoms with Crippen molar-refractivity contribution in [3.8, 4) is 0 Å². The number of piperazine rings is 1. The highest BCUT2D eigenvalue weighted by molar-refractivity contribution is 7.91. The quantitative estimate of drug-likeness (QED) is 0.650. The predicted molar refractivity (Wildman–Crippen MR) is 120 cm³/mol. The first-order valence-corrected chi connectivity index (χ1v) is 13.2. The molecule has 2 fully saturated rings. The second-order valence-electron chi connectivity index (χ2n) is 8.25. The molecule has 1 atom stereocenters. The summed E-state index contributed by atoms with van der Waals surface area (Å²) in [7, 11) is -3.04. The van der Waals surface area contributed by atoms with E-state index in [0.29, 0.717) is 19.5 Å². The van der Waals surface area contributed by atoms with Crippen molar-refractivity contribution < 1.29 is 13.2 Å². The molecule has 0 N–H and O–H groups in total. The van der Waals surface area contributed by atoms with E-state index in [9.17, 15) is 13.2 Å². The lowest BCUT2D eigenvalue weighted by Gasteiger charge is -2.36. The van der Waals surface area contributed by atoms with E-state index in [1.54, 1.807) is 16.2 Å². The van der Waals surface area contributed by atoms with Crippen molar-refractivity contribution >= 4 is 27.1 Å². The normalized spacial score (nSPS) is 22.2. The zero-order valence-electron chi connectivity index (χ0n) is 17.2. The molecule has 1 aromatic heterocycles. The Labute approximate surface area is 183 Å². The third-order valence-electron chi connectivity index (χ3n) is 5.98. The summed E-state index contributed by atoms with van der Waals surface area (Å²) in [6.45, 7) is 5.40. The molecule has 0 bridgehead atoms. The molecule has 0 spiro atoms. The highest BCUT2D eigenvalue weighted by Gasteiger charge is 2.35. The number of nitrogens with zero attached hydrogens (tertiary/aromatic N) is 3. The van der Waals surface area contributed by atoms with Gasteiger partial charge in [-0.1, -0.05) is 30.3 Å². The maximum atomic E-state index is 13.2. The smallest absolute Gasteiger partial charge is 0.237 e. The van der Waals surface area contributed by atoms with E-state index in [2.05, 4.69) is 26.6 Å². The van der Waals surface area contributed by atoms with E-state index < -0.39 is 9.84 Å². The number of amides is 1. The summed E-state index contributed by atoms with van der Waals surface area (Å²) in [6.07, 6.45) is 0.537. The van der Waals surface area contributed by atoms with Crippen LogP contribution in [0.2, 0.25) is 0 Å². The number of hydrogen-bond donors (Lipinski definition) is 0. The Balaban J connectivity index is 1.36. The first-order chi connectivity index (χ1) is 14.5. The van der Waals surface area contributed by atoms with E-state index in [-0.39, 0.29) is 23.5 Å². The average molecular weight is 448 g/mol. The fourth-order valence-corrected chi connectivity index (χ4v) is 6.64. The largest absolute Gasteiger partial charge is 0.333 e. The molecule has 1 aromatic carbocycles. The van der Waals surface area contributed by atoms with E-state index in [4.69, 9.17) is 0 Å². The first kappa shape index (κ1) is 21.5. The second kappa shape index (κ2) is 9.60. The minimum atomic E-state index is -3.04. The highest BCUT2D eigenvalue weighted by atomic mass is 32.2. The maximum Gasteiger partial charge on any atom is 0.237 e. The van der Waals surface area contributed by atoms with Gasteiger partial charge in [-0.15, -0.1) is 0 Å². The fraction of sp³-hybridized carbons (Fsp3) is 0.500. The topological polar surface area (TPSA) is 60.9 Å². The Kier molecular flexibility index (Phi) is 6.87. The van der Waals surface area contributed by atoms with Crippen LogP contribution < -0.4 is 0 Å². The summed E-state index contributed by atoms with van der Waals surface area (Å²) < 4.78 is 24.0. The molecule has 3 heterocycles. The summed E-state index contributed by atoms with van der Waals surface area (Å²) in [5, 5.41) is 4.29. The zero-order chi connectivity index (χ0) is 21.0. The van der Waals surface area contributed by atoms with Gasteiger partial charge in [0.2, 0.25) is 5.91 Å². The molecular weight excluding hydrogens is 418 g/mol. The van der Waals surface area contributed by atoms with Crippen molar-refractivity contribution in [3.63, 3.8) is 0 Å². The van der Waals surface area contributed by atoms with Crippen molar-refractivity contribution in [2.24, 2.45) is 0 Å². The standard InChI is InChI=1S/C22H29N3O3S2/c26-22(16-24-10-8-23(9-11-24)14-20-6-12-29-17-20)25(15-19-4-2-1-3-5-19)21-7-13-30(27,28)18-21/h1-6,12,17,21H,7-11,13-16,18H2/t21-/m1/s1. The maximum absolute atomic E-state index is 13.2. The molecule has 4 rings (SSSR count). The molecule has 162 valence electrons. The minimum absolute atomic E-state index is 0.0345. The van der Waals surface area contributed by atoms with Crippen molar-refractivity contribution in [3.05, 3.63) is 58.3 Å². The Hall–Kier alpha value is -1.74. The van der Waals surface area contributed by atoms with Crippen LogP contribution in [-0.4, -0.2) is 79.3 Å². The third-order valence-corrected chi connectivity index (χ3v) is 8.46. The molecule has 30 heavy (non-hydrogen) atoms. The summed E-state index contributed by atoms with van der Waals surface area (Å²) in [6, 6.07) is 11.8. The number of thiophene rings is 1. The van der Waals surface area contributed by atoms with Gasteiger partial charge in [0.05, 0.1) is 18.1 Å². The molecule has 8 heteroatoms. The minimum Gasteiger partial charge on any atom is -0.333 e. The number of carbonyl (C=O) groups is 1. The van der Waals surface area contributed by atoms with Gasteiger partial charge in [-0.05, 0) is 34.4 Å². The summed E-state index contributed by atoms with van der Waals surface area (Å²) in [5.41, 5.74) is 2.39. The molecular formula is C22H29N3O3S2. The van der Waals surface area contributed by atoms with Crippen molar-refractivity contribution in [2.75, 3.05) is 44.2 Å². The van der Waals surface area contributed by atoms with Crippen LogP contribution >= 0.6 is 11.3 Å². The van der Waals surface area contributed by atoms with Gasteiger partial charge in [-0.2, -0.15) is 11.3 Å². The zero-order valence-corrected chi connectivity index (χ0v) is 18.8. The molecule has 2 saturated heterocycles. The SMILES string of the molecule is O=C(CN1CCN(Cc2ccsc2)CC1)N(Cc1ccccc1)[C@@H]1CCS(=O)(=O)C1. The number of rotatable bonds is 7. The van der Waals surface area contributed by atoms with Crippen LogP contribution in [0.4, 0.5) is 0 Å². The Morgan fingerprint density at radius 1 is 1.03 bits per heavy atom. The molecule has 0 saturated carbocycles.